The van der Waals surface area contributed by atoms with E-state index in [-0.39, 0.29) is 11.5 Å². The van der Waals surface area contributed by atoms with Crippen LogP contribution in [0.15, 0.2) is 23.0 Å². The fraction of sp³-hybridized carbons (Fsp3) is 0.400. The summed E-state index contributed by atoms with van der Waals surface area (Å²) in [5.41, 5.74) is 2.19. The number of aromatic nitrogens is 3. The Morgan fingerprint density at radius 3 is 2.76 bits per heavy atom. The molecule has 1 amide bonds. The third-order valence-corrected chi connectivity index (χ3v) is 3.30. The summed E-state index contributed by atoms with van der Waals surface area (Å²) in [6, 6.07) is 1.67. The average Bonchev–Trinajstić information content (AvgIpc) is 2.69. The van der Waals surface area contributed by atoms with E-state index in [0.29, 0.717) is 35.4 Å². The summed E-state index contributed by atoms with van der Waals surface area (Å²) < 4.78 is 1.54. The molecule has 0 aliphatic carbocycles. The number of fused-ring (bicyclic) bond motifs is 1. The molecule has 6 nitrogen and oxygen atoms in total. The van der Waals surface area contributed by atoms with Gasteiger partial charge in [0.15, 0.2) is 5.65 Å². The lowest BCUT2D eigenvalue weighted by Gasteiger charge is -2.21. The highest BCUT2D eigenvalue weighted by Crippen LogP contribution is 2.17. The van der Waals surface area contributed by atoms with Gasteiger partial charge in [0, 0.05) is 25.8 Å². The molecule has 2 aromatic heterocycles. The van der Waals surface area contributed by atoms with Gasteiger partial charge in [0.05, 0.1) is 10.9 Å². The summed E-state index contributed by atoms with van der Waals surface area (Å²) in [5, 5.41) is 2.99. The molecule has 0 fully saturated rings. The highest BCUT2D eigenvalue weighted by Gasteiger charge is 2.21. The van der Waals surface area contributed by atoms with Gasteiger partial charge in [0.1, 0.15) is 0 Å². The molecule has 0 aromatic carbocycles. The van der Waals surface area contributed by atoms with Gasteiger partial charge in [-0.05, 0) is 26.8 Å². The van der Waals surface area contributed by atoms with E-state index < -0.39 is 0 Å². The van der Waals surface area contributed by atoms with Gasteiger partial charge in [-0.2, -0.15) is 0 Å². The Morgan fingerprint density at radius 1 is 1.52 bits per heavy atom. The van der Waals surface area contributed by atoms with E-state index in [4.69, 9.17) is 0 Å². The minimum absolute atomic E-state index is 0.173. The van der Waals surface area contributed by atoms with E-state index in [1.807, 2.05) is 20.8 Å². The fourth-order valence-corrected chi connectivity index (χ4v) is 2.38. The number of H-pyrrole nitrogens is 1. The Kier molecular flexibility index (Phi) is 3.97. The van der Waals surface area contributed by atoms with Crippen LogP contribution >= 0.6 is 0 Å². The fourth-order valence-electron chi connectivity index (χ4n) is 2.38. The number of aryl methyl sites for hydroxylation is 2. The standard InChI is InChI=1S/C15H20N4O2/c1-6-19(8-9(2)3)15(21)11-7-10(4)16-13-12(11)14(20)17-18(13)5/h7H,2,6,8H2,1,3-5H3,(H,17,20). The van der Waals surface area contributed by atoms with Crippen LogP contribution in [0.2, 0.25) is 0 Å². The van der Waals surface area contributed by atoms with Gasteiger partial charge >= 0.3 is 0 Å². The smallest absolute Gasteiger partial charge is 0.274 e. The summed E-state index contributed by atoms with van der Waals surface area (Å²) in [6.45, 7) is 10.5. The Hall–Kier alpha value is -2.37. The molecule has 0 atom stereocenters. The molecule has 2 heterocycles. The van der Waals surface area contributed by atoms with Crippen LogP contribution in [0.25, 0.3) is 11.0 Å². The van der Waals surface area contributed by atoms with Crippen molar-refractivity contribution in [1.29, 1.82) is 0 Å². The van der Waals surface area contributed by atoms with Crippen LogP contribution < -0.4 is 5.56 Å². The molecule has 21 heavy (non-hydrogen) atoms. The molecular formula is C15H20N4O2. The van der Waals surface area contributed by atoms with Gasteiger partial charge in [-0.1, -0.05) is 12.2 Å². The minimum atomic E-state index is -0.297. The maximum absolute atomic E-state index is 12.7. The van der Waals surface area contributed by atoms with E-state index in [1.54, 1.807) is 18.0 Å². The van der Waals surface area contributed by atoms with Gasteiger partial charge in [-0.25, -0.2) is 4.98 Å². The number of hydrogen-bond donors (Lipinski definition) is 1. The van der Waals surface area contributed by atoms with Crippen molar-refractivity contribution in [2.75, 3.05) is 13.1 Å². The van der Waals surface area contributed by atoms with Gasteiger partial charge in [-0.15, -0.1) is 0 Å². The van der Waals surface area contributed by atoms with Crippen molar-refractivity contribution < 1.29 is 4.79 Å². The molecule has 0 radical (unpaired) electrons. The van der Waals surface area contributed by atoms with Crippen molar-refractivity contribution in [3.8, 4) is 0 Å². The number of pyridine rings is 1. The summed E-state index contributed by atoms with van der Waals surface area (Å²) in [5.74, 6) is -0.173. The number of nitrogens with zero attached hydrogens (tertiary/aromatic N) is 3. The van der Waals surface area contributed by atoms with Crippen molar-refractivity contribution in [3.05, 3.63) is 39.8 Å². The molecule has 112 valence electrons. The number of likely N-dealkylation sites (N-methyl/N-ethyl adjacent to an activating group) is 1. The zero-order chi connectivity index (χ0) is 15.7. The molecule has 2 rings (SSSR count). The van der Waals surface area contributed by atoms with E-state index >= 15 is 0 Å². The van der Waals surface area contributed by atoms with E-state index in [0.717, 1.165) is 5.57 Å². The number of hydrogen-bond acceptors (Lipinski definition) is 3. The highest BCUT2D eigenvalue weighted by atomic mass is 16.2. The number of carbonyl (C=O) groups excluding carboxylic acids is 1. The lowest BCUT2D eigenvalue weighted by atomic mass is 10.1. The Bertz CT molecular complexity index is 770. The Balaban J connectivity index is 2.62. The predicted octanol–water partition coefficient (Wildman–Crippen LogP) is 1.61. The SMILES string of the molecule is C=C(C)CN(CC)C(=O)c1cc(C)nc2c1c(=O)[nH]n2C. The minimum Gasteiger partial charge on any atom is -0.335 e. The molecule has 0 saturated carbocycles. The number of rotatable bonds is 4. The predicted molar refractivity (Wildman–Crippen MR) is 82.5 cm³/mol. The first kappa shape index (κ1) is 15.0. The molecule has 2 aromatic rings. The summed E-state index contributed by atoms with van der Waals surface area (Å²) in [6.07, 6.45) is 0. The number of nitrogens with one attached hydrogen (secondary N) is 1. The number of aromatic amines is 1. The second kappa shape index (κ2) is 5.55. The zero-order valence-electron chi connectivity index (χ0n) is 12.9. The molecular weight excluding hydrogens is 268 g/mol. The lowest BCUT2D eigenvalue weighted by molar-refractivity contribution is 0.0780. The van der Waals surface area contributed by atoms with Crippen LogP contribution in [0.5, 0.6) is 0 Å². The van der Waals surface area contributed by atoms with Crippen LogP contribution in [0.1, 0.15) is 29.9 Å². The summed E-state index contributed by atoms with van der Waals surface area (Å²) >= 11 is 0. The topological polar surface area (TPSA) is 71.0 Å². The number of carbonyl (C=O) groups is 1. The maximum atomic E-state index is 12.7. The first-order chi connectivity index (χ1) is 9.85. The van der Waals surface area contributed by atoms with Crippen molar-refractivity contribution in [2.45, 2.75) is 20.8 Å². The summed E-state index contributed by atoms with van der Waals surface area (Å²) in [4.78, 5) is 30.8. The third-order valence-electron chi connectivity index (χ3n) is 3.30. The first-order valence-electron chi connectivity index (χ1n) is 6.85. The van der Waals surface area contributed by atoms with Gasteiger partial charge < -0.3 is 4.90 Å². The molecule has 6 heteroatoms. The molecule has 0 aliphatic rings. The first-order valence-corrected chi connectivity index (χ1v) is 6.85. The van der Waals surface area contributed by atoms with E-state index in [9.17, 15) is 9.59 Å². The molecule has 0 aliphatic heterocycles. The quantitative estimate of drug-likeness (QED) is 0.869. The van der Waals surface area contributed by atoms with E-state index in [2.05, 4.69) is 16.7 Å². The van der Waals surface area contributed by atoms with Crippen LogP contribution in [-0.2, 0) is 7.05 Å². The van der Waals surface area contributed by atoms with Crippen molar-refractivity contribution in [3.63, 3.8) is 0 Å². The second-order valence-electron chi connectivity index (χ2n) is 5.29. The van der Waals surface area contributed by atoms with Gasteiger partial charge in [0.2, 0.25) is 0 Å². The van der Waals surface area contributed by atoms with Crippen molar-refractivity contribution in [2.24, 2.45) is 7.05 Å². The lowest BCUT2D eigenvalue weighted by Crippen LogP contribution is -2.32. The third kappa shape index (κ3) is 2.74. The van der Waals surface area contributed by atoms with Crippen LogP contribution in [0.3, 0.4) is 0 Å². The van der Waals surface area contributed by atoms with Gasteiger partial charge in [-0.3, -0.25) is 19.4 Å². The molecule has 0 spiro atoms. The van der Waals surface area contributed by atoms with E-state index in [1.165, 1.54) is 4.68 Å². The number of amides is 1. The second-order valence-corrected chi connectivity index (χ2v) is 5.29. The van der Waals surface area contributed by atoms with Crippen LogP contribution in [-0.4, -0.2) is 38.7 Å². The van der Waals surface area contributed by atoms with Crippen molar-refractivity contribution in [1.82, 2.24) is 19.7 Å². The molecule has 1 N–H and O–H groups in total. The molecule has 0 unspecified atom stereocenters. The highest BCUT2D eigenvalue weighted by molar-refractivity contribution is 6.05. The van der Waals surface area contributed by atoms with Crippen LogP contribution in [0, 0.1) is 6.92 Å². The largest absolute Gasteiger partial charge is 0.335 e. The average molecular weight is 288 g/mol. The Labute approximate surface area is 123 Å². The van der Waals surface area contributed by atoms with Gasteiger partial charge in [0.25, 0.3) is 11.5 Å². The summed E-state index contributed by atoms with van der Waals surface area (Å²) in [7, 11) is 1.70. The zero-order valence-corrected chi connectivity index (χ0v) is 12.9. The monoisotopic (exact) mass is 288 g/mol. The molecule has 0 saturated heterocycles. The van der Waals surface area contributed by atoms with Crippen LogP contribution in [0.4, 0.5) is 0 Å². The van der Waals surface area contributed by atoms with Crippen molar-refractivity contribution >= 4 is 16.9 Å². The normalized spacial score (nSPS) is 10.9. The Morgan fingerprint density at radius 2 is 2.19 bits per heavy atom. The maximum Gasteiger partial charge on any atom is 0.274 e. The molecule has 0 bridgehead atoms.